The fourth-order valence-corrected chi connectivity index (χ4v) is 33.3. The van der Waals surface area contributed by atoms with Gasteiger partial charge in [-0.15, -0.1) is 22.2 Å². The van der Waals surface area contributed by atoms with Crippen molar-refractivity contribution in [1.29, 1.82) is 0 Å². The van der Waals surface area contributed by atoms with Gasteiger partial charge in [0.25, 0.3) is 0 Å². The van der Waals surface area contributed by atoms with Crippen LogP contribution in [0, 0.1) is 45.9 Å². The minimum atomic E-state index is -2.04. The second-order valence-electron chi connectivity index (χ2n) is 22.5. The third-order valence-corrected chi connectivity index (χ3v) is 40.7. The number of rotatable bonds is 14. The molecule has 0 heterocycles. The molecule has 0 aliphatic rings. The molecule has 2 rings (SSSR count). The lowest BCUT2D eigenvalue weighted by molar-refractivity contribution is 0.103. The highest BCUT2D eigenvalue weighted by atomic mass is 28.3. The van der Waals surface area contributed by atoms with Crippen LogP contribution in [0.3, 0.4) is 0 Å². The Hall–Kier alpha value is -2.78. The summed E-state index contributed by atoms with van der Waals surface area (Å²) in [6, 6.07) is 12.4. The molecule has 2 aromatic carbocycles. The first-order valence-electron chi connectivity index (χ1n) is 24.5. The zero-order valence-corrected chi connectivity index (χ0v) is 48.3. The highest BCUT2D eigenvalue weighted by Gasteiger charge is 2.44. The first-order chi connectivity index (χ1) is 28.5. The molecule has 0 atom stereocenters. The summed E-state index contributed by atoms with van der Waals surface area (Å²) in [6.45, 7) is 56.5. The molecule has 1 nitrogen and oxygen atoms in total. The smallest absolute Gasteiger partial charge is 0.193 e. The Morgan fingerprint density at radius 2 is 0.435 bits per heavy atom. The van der Waals surface area contributed by atoms with E-state index in [1.807, 2.05) is 24.3 Å². The molecule has 0 amide bonds. The van der Waals surface area contributed by atoms with Crippen LogP contribution in [0.1, 0.15) is 204 Å². The maximum Gasteiger partial charge on any atom is 0.193 e. The minimum absolute atomic E-state index is 0.0243. The fourth-order valence-electron chi connectivity index (χ4n) is 12.4. The van der Waals surface area contributed by atoms with Crippen molar-refractivity contribution in [2.75, 3.05) is 0 Å². The Morgan fingerprint density at radius 3 is 0.565 bits per heavy atom. The Morgan fingerprint density at radius 1 is 0.290 bits per heavy atom. The van der Waals surface area contributed by atoms with Gasteiger partial charge in [0.15, 0.2) is 5.78 Å². The lowest BCUT2D eigenvalue weighted by atomic mass is 9.96. The van der Waals surface area contributed by atoms with Crippen LogP contribution in [0.15, 0.2) is 36.4 Å². The summed E-state index contributed by atoms with van der Waals surface area (Å²) < 4.78 is 0. The molecule has 0 aromatic heterocycles. The molecule has 0 spiro atoms. The Balaban J connectivity index is 3.22. The largest absolute Gasteiger partial charge is 0.289 e. The van der Waals surface area contributed by atoms with Crippen LogP contribution in [0.2, 0.25) is 66.5 Å². The Kier molecular flexibility index (Phi) is 20.0. The van der Waals surface area contributed by atoms with Crippen LogP contribution in [0.5, 0.6) is 0 Å². The first-order valence-corrected chi connectivity index (χ1v) is 33.4. The van der Waals surface area contributed by atoms with Crippen molar-refractivity contribution in [1.82, 2.24) is 0 Å². The van der Waals surface area contributed by atoms with Crippen molar-refractivity contribution in [2.45, 2.75) is 233 Å². The zero-order chi connectivity index (χ0) is 47.9. The predicted octanol–water partition coefficient (Wildman–Crippen LogP) is 17.2. The standard InChI is InChI=1S/C57H90OSi4/c1-39(2)59(40(3)4,41(5)6)29-25-51-33-52(26-30-60(42(7)8,43(9)10)44(11)12)36-55(35-51)57(58)56-37-53(27-31-61(45(13)14,46(15)16)47(17)18)34-54(38-56)28-32-62(48(19)20,49(21)22)50(23)24/h33-50H,1-24H3. The molecular formula is C57H90OSi4. The molecule has 340 valence electrons. The normalized spacial score (nSPS) is 12.8. The van der Waals surface area contributed by atoms with Crippen molar-refractivity contribution in [3.63, 3.8) is 0 Å². The van der Waals surface area contributed by atoms with Gasteiger partial charge in [-0.2, -0.15) is 0 Å². The van der Waals surface area contributed by atoms with Crippen LogP contribution >= 0.6 is 0 Å². The van der Waals surface area contributed by atoms with Gasteiger partial charge in [0.05, 0.1) is 0 Å². The van der Waals surface area contributed by atoms with E-state index >= 15 is 4.79 Å². The van der Waals surface area contributed by atoms with Crippen molar-refractivity contribution in [3.05, 3.63) is 69.8 Å². The van der Waals surface area contributed by atoms with E-state index in [1.54, 1.807) is 0 Å². The minimum Gasteiger partial charge on any atom is -0.289 e. The van der Waals surface area contributed by atoms with Crippen LogP contribution in [0.25, 0.3) is 0 Å². The number of hydrogen-bond acceptors (Lipinski definition) is 1. The molecule has 0 N–H and O–H groups in total. The number of carbonyl (C=O) groups is 1. The van der Waals surface area contributed by atoms with Gasteiger partial charge in [-0.3, -0.25) is 4.79 Å². The SMILES string of the molecule is CC(C)[Si](C#Cc1cc(C#C[Si](C(C)C)(C(C)C)C(C)C)cc(C(=O)c2cc(C#C[Si](C(C)C)(C(C)C)C(C)C)cc(C#C[Si](C(C)C)(C(C)C)C(C)C)c2)c1)(C(C)C)C(C)C. The summed E-state index contributed by atoms with van der Waals surface area (Å²) in [6.07, 6.45) is 0. The first kappa shape index (κ1) is 55.3. The number of hydrogen-bond donors (Lipinski definition) is 0. The van der Waals surface area contributed by atoms with Gasteiger partial charge in [-0.1, -0.05) is 190 Å². The molecule has 62 heavy (non-hydrogen) atoms. The van der Waals surface area contributed by atoms with Gasteiger partial charge >= 0.3 is 0 Å². The van der Waals surface area contributed by atoms with E-state index in [9.17, 15) is 0 Å². The summed E-state index contributed by atoms with van der Waals surface area (Å²) in [5.41, 5.74) is 26.6. The summed E-state index contributed by atoms with van der Waals surface area (Å²) >= 11 is 0. The molecule has 0 saturated carbocycles. The summed E-state index contributed by atoms with van der Waals surface area (Å²) in [7, 11) is -8.17. The summed E-state index contributed by atoms with van der Waals surface area (Å²) in [5.74, 6) is 14.8. The summed E-state index contributed by atoms with van der Waals surface area (Å²) in [4.78, 5) is 15.2. The quantitative estimate of drug-likeness (QED) is 0.105. The van der Waals surface area contributed by atoms with E-state index in [-0.39, 0.29) is 5.78 Å². The number of ketones is 1. The van der Waals surface area contributed by atoms with Crippen LogP contribution in [-0.4, -0.2) is 38.1 Å². The fraction of sp³-hybridized carbons (Fsp3) is 0.632. The maximum atomic E-state index is 15.2. The second-order valence-corrected chi connectivity index (χ2v) is 44.8. The molecule has 0 bridgehead atoms. The monoisotopic (exact) mass is 903 g/mol. The molecule has 0 radical (unpaired) electrons. The third-order valence-electron chi connectivity index (χ3n) is 15.5. The van der Waals surface area contributed by atoms with Gasteiger partial charge in [-0.25, -0.2) is 0 Å². The molecule has 0 unspecified atom stereocenters. The van der Waals surface area contributed by atoms with Crippen LogP contribution < -0.4 is 0 Å². The molecule has 0 fully saturated rings. The highest BCUT2D eigenvalue weighted by molar-refractivity contribution is 6.92. The van der Waals surface area contributed by atoms with Gasteiger partial charge in [0.2, 0.25) is 0 Å². The van der Waals surface area contributed by atoms with Crippen molar-refractivity contribution in [3.8, 4) is 45.9 Å². The second kappa shape index (κ2) is 22.4. The van der Waals surface area contributed by atoms with E-state index < -0.39 is 32.3 Å². The van der Waals surface area contributed by atoms with E-state index in [1.165, 1.54) is 0 Å². The Bertz CT molecular complexity index is 1720. The topological polar surface area (TPSA) is 17.1 Å². The van der Waals surface area contributed by atoms with Crippen molar-refractivity contribution in [2.24, 2.45) is 0 Å². The van der Waals surface area contributed by atoms with Gasteiger partial charge in [-0.05, 0) is 103 Å². The van der Waals surface area contributed by atoms with Crippen molar-refractivity contribution >= 4 is 38.1 Å². The van der Waals surface area contributed by atoms with Gasteiger partial charge in [0.1, 0.15) is 32.3 Å². The van der Waals surface area contributed by atoms with E-state index in [2.05, 4.69) is 224 Å². The Labute approximate surface area is 389 Å². The van der Waals surface area contributed by atoms with Crippen LogP contribution in [-0.2, 0) is 0 Å². The lowest BCUT2D eigenvalue weighted by Gasteiger charge is -2.38. The highest BCUT2D eigenvalue weighted by Crippen LogP contribution is 2.44. The number of carbonyl (C=O) groups excluding carboxylic acids is 1. The average molecular weight is 904 g/mol. The maximum absolute atomic E-state index is 15.2. The van der Waals surface area contributed by atoms with Crippen LogP contribution in [0.4, 0.5) is 0 Å². The predicted molar refractivity (Wildman–Crippen MR) is 288 cm³/mol. The third kappa shape index (κ3) is 11.5. The molecule has 0 aliphatic heterocycles. The average Bonchev–Trinajstić information content (AvgIpc) is 3.13. The number of benzene rings is 2. The molecule has 0 saturated heterocycles. The van der Waals surface area contributed by atoms with Crippen molar-refractivity contribution < 1.29 is 4.79 Å². The lowest BCUT2D eigenvalue weighted by Crippen LogP contribution is -2.43. The van der Waals surface area contributed by atoms with E-state index in [0.717, 1.165) is 22.3 Å². The molecule has 2 aromatic rings. The zero-order valence-electron chi connectivity index (χ0n) is 44.3. The molecule has 0 aliphatic carbocycles. The summed E-state index contributed by atoms with van der Waals surface area (Å²) in [5, 5.41) is 0. The van der Waals surface area contributed by atoms with Gasteiger partial charge < -0.3 is 0 Å². The molecule has 5 heteroatoms. The van der Waals surface area contributed by atoms with E-state index in [4.69, 9.17) is 0 Å². The molecular weight excluding hydrogens is 813 g/mol. The van der Waals surface area contributed by atoms with Gasteiger partial charge in [0, 0.05) is 33.4 Å². The van der Waals surface area contributed by atoms with E-state index in [0.29, 0.717) is 77.6 Å².